The van der Waals surface area contributed by atoms with Crippen LogP contribution in [0.3, 0.4) is 0 Å². The molecule has 3 nitrogen and oxygen atoms in total. The van der Waals surface area contributed by atoms with E-state index in [1.807, 2.05) is 24.9 Å². The minimum absolute atomic E-state index is 0.103. The van der Waals surface area contributed by atoms with Gasteiger partial charge in [-0.3, -0.25) is 0 Å². The van der Waals surface area contributed by atoms with Crippen LogP contribution in [-0.2, 0) is 0 Å². The van der Waals surface area contributed by atoms with Crippen LogP contribution in [0.25, 0.3) is 0 Å². The molecular weight excluding hydrogens is 226 g/mol. The number of rotatable bonds is 2. The smallest absolute Gasteiger partial charge is 0.185 e. The molecule has 0 bridgehead atoms. The van der Waals surface area contributed by atoms with Gasteiger partial charge < -0.3 is 10.6 Å². The summed E-state index contributed by atoms with van der Waals surface area (Å²) in [7, 11) is 0. The van der Waals surface area contributed by atoms with Crippen molar-refractivity contribution >= 4 is 28.2 Å². The van der Waals surface area contributed by atoms with Crippen molar-refractivity contribution in [1.29, 1.82) is 0 Å². The van der Waals surface area contributed by atoms with E-state index in [-0.39, 0.29) is 6.04 Å². The first-order chi connectivity index (χ1) is 7.18. The van der Waals surface area contributed by atoms with Crippen LogP contribution in [0.2, 0.25) is 0 Å². The van der Waals surface area contributed by atoms with E-state index < -0.39 is 0 Å². The molecule has 2 N–H and O–H groups in total. The number of nitrogens with two attached hydrogens (primary N) is 1. The molecule has 1 aliphatic heterocycles. The lowest BCUT2D eigenvalue weighted by atomic mass is 10.3. The van der Waals surface area contributed by atoms with Crippen LogP contribution in [0.5, 0.6) is 0 Å². The van der Waals surface area contributed by atoms with Gasteiger partial charge in [0.15, 0.2) is 5.13 Å². The van der Waals surface area contributed by atoms with Gasteiger partial charge in [0.2, 0.25) is 0 Å². The monoisotopic (exact) mass is 243 g/mol. The second-order valence-corrected chi connectivity index (χ2v) is 6.14. The Balaban J connectivity index is 2.13. The zero-order chi connectivity index (χ0) is 10.8. The summed E-state index contributed by atoms with van der Waals surface area (Å²) in [5.41, 5.74) is 5.84. The predicted octanol–water partition coefficient (Wildman–Crippen LogP) is 2.10. The van der Waals surface area contributed by atoms with Crippen molar-refractivity contribution in [3.8, 4) is 0 Å². The Morgan fingerprint density at radius 1 is 1.67 bits per heavy atom. The minimum atomic E-state index is 0.103. The van der Waals surface area contributed by atoms with Crippen LogP contribution in [0.1, 0.15) is 24.8 Å². The molecule has 0 spiro atoms. The Morgan fingerprint density at radius 3 is 3.07 bits per heavy atom. The number of nitrogens with zero attached hydrogens (tertiary/aromatic N) is 2. The summed E-state index contributed by atoms with van der Waals surface area (Å²) >= 11 is 3.76. The van der Waals surface area contributed by atoms with Crippen LogP contribution in [-0.4, -0.2) is 29.1 Å². The SMILES string of the molecule is CC(N)c1cnc(N2CCSCC2C)s1. The molecule has 0 amide bonds. The molecule has 0 radical (unpaired) electrons. The summed E-state index contributed by atoms with van der Waals surface area (Å²) in [5, 5.41) is 1.13. The molecule has 1 aromatic rings. The van der Waals surface area contributed by atoms with Gasteiger partial charge in [-0.25, -0.2) is 4.98 Å². The Bertz CT molecular complexity index is 324. The maximum absolute atomic E-state index is 5.84. The molecule has 0 aromatic carbocycles. The van der Waals surface area contributed by atoms with E-state index in [9.17, 15) is 0 Å². The lowest BCUT2D eigenvalue weighted by molar-refractivity contribution is 0.697. The van der Waals surface area contributed by atoms with Gasteiger partial charge in [0.25, 0.3) is 0 Å². The highest BCUT2D eigenvalue weighted by molar-refractivity contribution is 7.99. The highest BCUT2D eigenvalue weighted by atomic mass is 32.2. The van der Waals surface area contributed by atoms with Gasteiger partial charge in [-0.1, -0.05) is 0 Å². The first-order valence-corrected chi connectivity index (χ1v) is 7.21. The number of thiazole rings is 1. The first kappa shape index (κ1) is 11.2. The van der Waals surface area contributed by atoms with Crippen molar-refractivity contribution in [2.75, 3.05) is 23.0 Å². The Labute approximate surface area is 99.1 Å². The maximum atomic E-state index is 5.84. The van der Waals surface area contributed by atoms with Crippen molar-refractivity contribution in [1.82, 2.24) is 4.98 Å². The molecule has 2 unspecified atom stereocenters. The summed E-state index contributed by atoms with van der Waals surface area (Å²) < 4.78 is 0. The van der Waals surface area contributed by atoms with E-state index in [2.05, 4.69) is 16.8 Å². The second-order valence-electron chi connectivity index (χ2n) is 3.95. The highest BCUT2D eigenvalue weighted by Crippen LogP contribution is 2.30. The minimum Gasteiger partial charge on any atom is -0.344 e. The molecule has 0 saturated carbocycles. The van der Waals surface area contributed by atoms with Crippen LogP contribution in [0.4, 0.5) is 5.13 Å². The predicted molar refractivity (Wildman–Crippen MR) is 68.8 cm³/mol. The average molecular weight is 243 g/mol. The fourth-order valence-electron chi connectivity index (χ4n) is 1.63. The third-order valence-electron chi connectivity index (χ3n) is 2.57. The normalized spacial score (nSPS) is 24.2. The Hall–Kier alpha value is -0.260. The summed E-state index contributed by atoms with van der Waals surface area (Å²) in [6, 6.07) is 0.696. The highest BCUT2D eigenvalue weighted by Gasteiger charge is 2.21. The molecule has 2 heterocycles. The molecule has 2 rings (SSSR count). The molecule has 1 fully saturated rings. The molecule has 5 heteroatoms. The van der Waals surface area contributed by atoms with E-state index in [1.54, 1.807) is 11.3 Å². The lowest BCUT2D eigenvalue weighted by Gasteiger charge is -2.32. The van der Waals surface area contributed by atoms with Crippen molar-refractivity contribution in [2.24, 2.45) is 5.73 Å². The number of aromatic nitrogens is 1. The number of hydrogen-bond acceptors (Lipinski definition) is 5. The first-order valence-electron chi connectivity index (χ1n) is 5.24. The van der Waals surface area contributed by atoms with Gasteiger partial charge in [-0.2, -0.15) is 11.8 Å². The fraction of sp³-hybridized carbons (Fsp3) is 0.700. The largest absolute Gasteiger partial charge is 0.344 e. The molecule has 0 aliphatic carbocycles. The number of thioether (sulfide) groups is 1. The topological polar surface area (TPSA) is 42.1 Å². The van der Waals surface area contributed by atoms with Crippen molar-refractivity contribution < 1.29 is 0 Å². The number of hydrogen-bond donors (Lipinski definition) is 1. The number of anilines is 1. The molecular formula is C10H17N3S2. The van der Waals surface area contributed by atoms with E-state index in [0.717, 1.165) is 11.7 Å². The Kier molecular flexibility index (Phi) is 3.53. The van der Waals surface area contributed by atoms with Gasteiger partial charge >= 0.3 is 0 Å². The summed E-state index contributed by atoms with van der Waals surface area (Å²) in [4.78, 5) is 8.04. The molecule has 2 atom stereocenters. The maximum Gasteiger partial charge on any atom is 0.185 e. The van der Waals surface area contributed by atoms with Gasteiger partial charge in [-0.05, 0) is 13.8 Å². The van der Waals surface area contributed by atoms with Crippen LogP contribution in [0, 0.1) is 0 Å². The zero-order valence-electron chi connectivity index (χ0n) is 9.14. The molecule has 1 saturated heterocycles. The van der Waals surface area contributed by atoms with Crippen LogP contribution >= 0.6 is 23.1 Å². The standard InChI is InChI=1S/C10H17N3S2/c1-7-6-14-4-3-13(7)10-12-5-9(15-10)8(2)11/h5,7-8H,3-4,6,11H2,1-2H3. The van der Waals surface area contributed by atoms with Crippen molar-refractivity contribution in [3.05, 3.63) is 11.1 Å². The van der Waals surface area contributed by atoms with Gasteiger partial charge in [-0.15, -0.1) is 11.3 Å². The third kappa shape index (κ3) is 2.46. The van der Waals surface area contributed by atoms with Gasteiger partial charge in [0.05, 0.1) is 0 Å². The zero-order valence-corrected chi connectivity index (χ0v) is 10.8. The second kappa shape index (κ2) is 4.72. The van der Waals surface area contributed by atoms with Crippen LogP contribution in [0.15, 0.2) is 6.20 Å². The molecule has 1 aliphatic rings. The van der Waals surface area contributed by atoms with Crippen LogP contribution < -0.4 is 10.6 Å². The molecule has 1 aromatic heterocycles. The summed E-state index contributed by atoms with van der Waals surface area (Å²) in [6.07, 6.45) is 1.92. The summed E-state index contributed by atoms with van der Waals surface area (Å²) in [5.74, 6) is 2.41. The van der Waals surface area contributed by atoms with E-state index >= 15 is 0 Å². The average Bonchev–Trinajstić information content (AvgIpc) is 2.67. The molecule has 84 valence electrons. The van der Waals surface area contributed by atoms with E-state index in [1.165, 1.54) is 16.4 Å². The summed E-state index contributed by atoms with van der Waals surface area (Å²) in [6.45, 7) is 5.38. The fourth-order valence-corrected chi connectivity index (χ4v) is 3.64. The van der Waals surface area contributed by atoms with Crippen molar-refractivity contribution in [2.45, 2.75) is 25.9 Å². The lowest BCUT2D eigenvalue weighted by Crippen LogP contribution is -2.40. The van der Waals surface area contributed by atoms with Gasteiger partial charge in [0.1, 0.15) is 0 Å². The Morgan fingerprint density at radius 2 is 2.47 bits per heavy atom. The molecule has 15 heavy (non-hydrogen) atoms. The van der Waals surface area contributed by atoms with E-state index in [4.69, 9.17) is 5.73 Å². The van der Waals surface area contributed by atoms with E-state index in [0.29, 0.717) is 6.04 Å². The third-order valence-corrected chi connectivity index (χ3v) is 5.00. The van der Waals surface area contributed by atoms with Gasteiger partial charge in [0, 0.05) is 41.2 Å². The van der Waals surface area contributed by atoms with Crippen molar-refractivity contribution in [3.63, 3.8) is 0 Å². The quantitative estimate of drug-likeness (QED) is 0.864.